The Kier molecular flexibility index (Phi) is 3.11. The first-order valence-electron chi connectivity index (χ1n) is 5.50. The molecule has 0 aliphatic carbocycles. The predicted octanol–water partition coefficient (Wildman–Crippen LogP) is 1.10. The molecule has 1 aliphatic heterocycles. The molecule has 0 saturated carbocycles. The van der Waals surface area contributed by atoms with Crippen LogP contribution in [0.3, 0.4) is 0 Å². The van der Waals surface area contributed by atoms with Crippen LogP contribution in [0, 0.1) is 6.92 Å². The maximum absolute atomic E-state index is 10.5. The summed E-state index contributed by atoms with van der Waals surface area (Å²) in [5.74, 6) is 0. The molecule has 0 aromatic carbocycles. The van der Waals surface area contributed by atoms with Crippen LogP contribution in [0.4, 0.5) is 0 Å². The van der Waals surface area contributed by atoms with E-state index in [-0.39, 0.29) is 0 Å². The summed E-state index contributed by atoms with van der Waals surface area (Å²) in [7, 11) is 3.97. The zero-order chi connectivity index (χ0) is 11.9. The third kappa shape index (κ3) is 2.17. The summed E-state index contributed by atoms with van der Waals surface area (Å²) in [4.78, 5) is 2.16. The summed E-state index contributed by atoms with van der Waals surface area (Å²) >= 11 is 3.54. The zero-order valence-electron chi connectivity index (χ0n) is 10.00. The highest BCUT2D eigenvalue weighted by Crippen LogP contribution is 2.29. The van der Waals surface area contributed by atoms with Gasteiger partial charge in [-0.3, -0.25) is 4.68 Å². The third-order valence-electron chi connectivity index (χ3n) is 3.28. The maximum Gasteiger partial charge on any atom is 0.0841 e. The highest BCUT2D eigenvalue weighted by Gasteiger charge is 2.36. The fourth-order valence-corrected chi connectivity index (χ4v) is 2.86. The fraction of sp³-hybridized carbons (Fsp3) is 0.727. The number of β-amino-alcohol motifs (C(OH)–C–C–N with tert-alkyl or cyclic N) is 1. The van der Waals surface area contributed by atoms with Crippen molar-refractivity contribution >= 4 is 15.9 Å². The van der Waals surface area contributed by atoms with E-state index in [2.05, 4.69) is 25.9 Å². The Morgan fingerprint density at radius 3 is 2.62 bits per heavy atom. The number of aryl methyl sites for hydroxylation is 2. The van der Waals surface area contributed by atoms with Gasteiger partial charge in [-0.25, -0.2) is 0 Å². The minimum absolute atomic E-state index is 0.600. The number of rotatable bonds is 2. The van der Waals surface area contributed by atoms with Crippen LogP contribution in [-0.2, 0) is 13.5 Å². The lowest BCUT2D eigenvalue weighted by Gasteiger charge is -2.22. The molecule has 1 aliphatic rings. The second kappa shape index (κ2) is 4.13. The number of aromatic nitrogens is 2. The molecule has 2 heterocycles. The summed E-state index contributed by atoms with van der Waals surface area (Å²) in [5, 5.41) is 14.8. The first kappa shape index (κ1) is 12.1. The van der Waals surface area contributed by atoms with E-state index in [0.717, 1.165) is 35.4 Å². The van der Waals surface area contributed by atoms with Crippen LogP contribution in [-0.4, -0.2) is 45.5 Å². The van der Waals surface area contributed by atoms with Gasteiger partial charge in [0.2, 0.25) is 0 Å². The summed E-state index contributed by atoms with van der Waals surface area (Å²) in [5.41, 5.74) is 1.46. The predicted molar refractivity (Wildman–Crippen MR) is 66.4 cm³/mol. The molecule has 1 saturated heterocycles. The molecule has 1 N–H and O–H groups in total. The average molecular weight is 288 g/mol. The molecule has 1 atom stereocenters. The Morgan fingerprint density at radius 1 is 1.50 bits per heavy atom. The smallest absolute Gasteiger partial charge is 0.0841 e. The van der Waals surface area contributed by atoms with Gasteiger partial charge < -0.3 is 10.0 Å². The molecule has 0 radical (unpaired) electrons. The maximum atomic E-state index is 10.5. The van der Waals surface area contributed by atoms with E-state index in [0.29, 0.717) is 6.42 Å². The molecule has 16 heavy (non-hydrogen) atoms. The van der Waals surface area contributed by atoms with Gasteiger partial charge >= 0.3 is 0 Å². The number of aliphatic hydroxyl groups is 1. The highest BCUT2D eigenvalue weighted by atomic mass is 79.9. The van der Waals surface area contributed by atoms with Gasteiger partial charge in [0.25, 0.3) is 0 Å². The van der Waals surface area contributed by atoms with E-state index in [1.54, 1.807) is 0 Å². The van der Waals surface area contributed by atoms with Crippen LogP contribution >= 0.6 is 15.9 Å². The van der Waals surface area contributed by atoms with Crippen LogP contribution in [0.1, 0.15) is 17.8 Å². The molecule has 2 rings (SSSR count). The quantitative estimate of drug-likeness (QED) is 0.886. The third-order valence-corrected chi connectivity index (χ3v) is 4.31. The van der Waals surface area contributed by atoms with Crippen molar-refractivity contribution in [2.24, 2.45) is 7.05 Å². The van der Waals surface area contributed by atoms with E-state index in [1.165, 1.54) is 0 Å². The Hall–Kier alpha value is -0.390. The number of likely N-dealkylation sites (tertiary alicyclic amines) is 1. The van der Waals surface area contributed by atoms with Crippen LogP contribution in [0.5, 0.6) is 0 Å². The molecule has 0 bridgehead atoms. The molecular formula is C11H18BrN3O. The second-order valence-corrected chi connectivity index (χ2v) is 5.65. The van der Waals surface area contributed by atoms with Crippen LogP contribution in [0.25, 0.3) is 0 Å². The normalized spacial score (nSPS) is 26.6. The SMILES string of the molecule is Cc1nn(C)c(CC2(O)CCN(C)C2)c1Br. The standard InChI is InChI=1S/C11H18BrN3O/c1-8-10(12)9(15(3)13-8)6-11(16)4-5-14(2)7-11/h16H,4-7H2,1-3H3. The monoisotopic (exact) mass is 287 g/mol. The lowest BCUT2D eigenvalue weighted by atomic mass is 9.97. The van der Waals surface area contributed by atoms with Crippen molar-refractivity contribution in [2.45, 2.75) is 25.4 Å². The summed E-state index contributed by atoms with van der Waals surface area (Å²) < 4.78 is 2.88. The van der Waals surface area contributed by atoms with Crippen LogP contribution in [0.2, 0.25) is 0 Å². The number of nitrogens with zero attached hydrogens (tertiary/aromatic N) is 3. The fourth-order valence-electron chi connectivity index (χ4n) is 2.39. The lowest BCUT2D eigenvalue weighted by Crippen LogP contribution is -2.35. The molecular weight excluding hydrogens is 270 g/mol. The van der Waals surface area contributed by atoms with Gasteiger partial charge in [0.1, 0.15) is 0 Å². The molecule has 4 nitrogen and oxygen atoms in total. The Balaban J connectivity index is 2.21. The van der Waals surface area contributed by atoms with E-state index < -0.39 is 5.60 Å². The van der Waals surface area contributed by atoms with E-state index in [1.807, 2.05) is 25.7 Å². The summed E-state index contributed by atoms with van der Waals surface area (Å²) in [6.07, 6.45) is 1.50. The van der Waals surface area contributed by atoms with Crippen molar-refractivity contribution in [1.29, 1.82) is 0 Å². The Bertz CT molecular complexity index is 404. The highest BCUT2D eigenvalue weighted by molar-refractivity contribution is 9.10. The minimum atomic E-state index is -0.600. The van der Waals surface area contributed by atoms with E-state index >= 15 is 0 Å². The van der Waals surface area contributed by atoms with Gasteiger partial charge in [0.05, 0.1) is 21.5 Å². The lowest BCUT2D eigenvalue weighted by molar-refractivity contribution is 0.0503. The van der Waals surface area contributed by atoms with E-state index in [4.69, 9.17) is 0 Å². The van der Waals surface area contributed by atoms with Crippen molar-refractivity contribution in [2.75, 3.05) is 20.1 Å². The first-order chi connectivity index (χ1) is 7.41. The average Bonchev–Trinajstić information content (AvgIpc) is 2.63. The van der Waals surface area contributed by atoms with Gasteiger partial charge in [-0.05, 0) is 36.3 Å². The number of hydrogen-bond donors (Lipinski definition) is 1. The molecule has 0 amide bonds. The van der Waals surface area contributed by atoms with Crippen LogP contribution < -0.4 is 0 Å². The number of halogens is 1. The van der Waals surface area contributed by atoms with Gasteiger partial charge in [-0.2, -0.15) is 5.10 Å². The molecule has 1 fully saturated rings. The molecule has 1 unspecified atom stereocenters. The minimum Gasteiger partial charge on any atom is -0.388 e. The first-order valence-corrected chi connectivity index (χ1v) is 6.29. The van der Waals surface area contributed by atoms with Gasteiger partial charge in [0.15, 0.2) is 0 Å². The van der Waals surface area contributed by atoms with E-state index in [9.17, 15) is 5.11 Å². The van der Waals surface area contributed by atoms with Crippen molar-refractivity contribution in [1.82, 2.24) is 14.7 Å². The van der Waals surface area contributed by atoms with Gasteiger partial charge in [-0.15, -0.1) is 0 Å². The molecule has 1 aromatic rings. The topological polar surface area (TPSA) is 41.3 Å². The second-order valence-electron chi connectivity index (χ2n) is 4.86. The number of hydrogen-bond acceptors (Lipinski definition) is 3. The van der Waals surface area contributed by atoms with Crippen molar-refractivity contribution in [3.63, 3.8) is 0 Å². The van der Waals surface area contributed by atoms with Gasteiger partial charge in [0, 0.05) is 26.6 Å². The largest absolute Gasteiger partial charge is 0.388 e. The Labute approximate surface area is 104 Å². The van der Waals surface area contributed by atoms with Crippen molar-refractivity contribution in [3.05, 3.63) is 15.9 Å². The summed E-state index contributed by atoms with van der Waals surface area (Å²) in [6, 6.07) is 0. The molecule has 0 spiro atoms. The van der Waals surface area contributed by atoms with Crippen molar-refractivity contribution < 1.29 is 5.11 Å². The van der Waals surface area contributed by atoms with Gasteiger partial charge in [-0.1, -0.05) is 0 Å². The summed E-state index contributed by atoms with van der Waals surface area (Å²) in [6.45, 7) is 3.67. The Morgan fingerprint density at radius 2 is 2.19 bits per heavy atom. The zero-order valence-corrected chi connectivity index (χ0v) is 11.6. The van der Waals surface area contributed by atoms with Crippen LogP contribution in [0.15, 0.2) is 4.47 Å². The molecule has 90 valence electrons. The number of likely N-dealkylation sites (N-methyl/N-ethyl adjacent to an activating group) is 1. The molecule has 5 heteroatoms. The van der Waals surface area contributed by atoms with Crippen molar-refractivity contribution in [3.8, 4) is 0 Å². The molecule has 1 aromatic heterocycles.